The Morgan fingerprint density at radius 1 is 0.925 bits per heavy atom. The van der Waals surface area contributed by atoms with Crippen LogP contribution in [-0.4, -0.2) is 49.3 Å². The van der Waals surface area contributed by atoms with Crippen molar-refractivity contribution in [1.82, 2.24) is 10.6 Å². The molecule has 2 aliphatic carbocycles. The van der Waals surface area contributed by atoms with Crippen molar-refractivity contribution < 1.29 is 33.4 Å². The van der Waals surface area contributed by atoms with Gasteiger partial charge in [-0.3, -0.25) is 9.59 Å². The molecule has 40 heavy (non-hydrogen) atoms. The summed E-state index contributed by atoms with van der Waals surface area (Å²) in [6.07, 6.45) is 1.28. The van der Waals surface area contributed by atoms with Crippen molar-refractivity contribution in [2.24, 2.45) is 0 Å². The van der Waals surface area contributed by atoms with Gasteiger partial charge in [0.15, 0.2) is 0 Å². The fraction of sp³-hybridized carbons (Fsp3) is 0.419. The van der Waals surface area contributed by atoms with Crippen LogP contribution < -0.4 is 10.6 Å². The summed E-state index contributed by atoms with van der Waals surface area (Å²) in [6, 6.07) is 14.7. The summed E-state index contributed by atoms with van der Waals surface area (Å²) in [7, 11) is 1.29. The smallest absolute Gasteiger partial charge is 0.407 e. The van der Waals surface area contributed by atoms with E-state index in [-0.39, 0.29) is 12.5 Å². The highest BCUT2D eigenvalue weighted by Gasteiger charge is 2.32. The maximum Gasteiger partial charge on any atom is 0.407 e. The number of hydrogen-bond donors (Lipinski definition) is 2. The van der Waals surface area contributed by atoms with Crippen molar-refractivity contribution in [2.45, 2.75) is 70.4 Å². The Morgan fingerprint density at radius 3 is 2.12 bits per heavy atom. The molecule has 0 spiro atoms. The van der Waals surface area contributed by atoms with Crippen molar-refractivity contribution in [3.05, 3.63) is 70.9 Å². The van der Waals surface area contributed by atoms with E-state index in [0.29, 0.717) is 24.1 Å². The van der Waals surface area contributed by atoms with E-state index in [4.69, 9.17) is 14.2 Å². The topological polar surface area (TPSA) is 120 Å². The third kappa shape index (κ3) is 6.89. The number of esters is 2. The van der Waals surface area contributed by atoms with E-state index in [1.54, 1.807) is 20.8 Å². The number of rotatable bonds is 8. The van der Waals surface area contributed by atoms with Gasteiger partial charge in [0.2, 0.25) is 5.91 Å². The second-order valence-corrected chi connectivity index (χ2v) is 11.0. The van der Waals surface area contributed by atoms with E-state index in [9.17, 15) is 19.2 Å². The molecule has 4 rings (SSSR count). The number of alkyl carbamates (subject to hydrolysis) is 1. The first kappa shape index (κ1) is 28.9. The molecule has 2 amide bonds. The Kier molecular flexibility index (Phi) is 8.92. The van der Waals surface area contributed by atoms with E-state index >= 15 is 0 Å². The van der Waals surface area contributed by atoms with Crippen LogP contribution in [-0.2, 0) is 28.6 Å². The highest BCUT2D eigenvalue weighted by Crippen LogP contribution is 2.44. The van der Waals surface area contributed by atoms with Crippen LogP contribution >= 0.6 is 0 Å². The van der Waals surface area contributed by atoms with E-state index in [1.165, 1.54) is 7.11 Å². The Morgan fingerprint density at radius 2 is 1.52 bits per heavy atom. The van der Waals surface area contributed by atoms with Crippen LogP contribution in [0.5, 0.6) is 0 Å². The second kappa shape index (κ2) is 12.4. The van der Waals surface area contributed by atoms with Crippen LogP contribution in [0.3, 0.4) is 0 Å². The summed E-state index contributed by atoms with van der Waals surface area (Å²) in [5, 5.41) is 5.28. The van der Waals surface area contributed by atoms with E-state index in [2.05, 4.69) is 10.6 Å². The lowest BCUT2D eigenvalue weighted by atomic mass is 9.96. The first-order chi connectivity index (χ1) is 19.1. The standard InChI is InChI=1S/C31H36N2O7/c1-31(2,3)40-27(34)17-26(28(35)32-25-16-10-9-15-23(25)29(36)38-4)33-30(37)39-18-24-21-13-7-5-11-19(21)20-12-6-8-14-22(20)24/h5-8,11-14,24,26H,9-10,15-18H2,1-4H3,(H,32,35)(H,33,37)/t26-/m0/s1. The molecule has 1 atom stereocenters. The van der Waals surface area contributed by atoms with E-state index in [1.807, 2.05) is 48.5 Å². The van der Waals surface area contributed by atoms with Gasteiger partial charge in [-0.25, -0.2) is 9.59 Å². The predicted molar refractivity (Wildman–Crippen MR) is 148 cm³/mol. The molecule has 9 heteroatoms. The minimum atomic E-state index is -1.28. The van der Waals surface area contributed by atoms with Crippen molar-refractivity contribution >= 4 is 23.9 Å². The molecule has 0 aliphatic heterocycles. The van der Waals surface area contributed by atoms with Gasteiger partial charge >= 0.3 is 18.0 Å². The van der Waals surface area contributed by atoms with Crippen LogP contribution in [0, 0.1) is 0 Å². The number of amides is 2. The molecule has 9 nitrogen and oxygen atoms in total. The van der Waals surface area contributed by atoms with Gasteiger partial charge in [-0.1, -0.05) is 48.5 Å². The Labute approximate surface area is 234 Å². The lowest BCUT2D eigenvalue weighted by Gasteiger charge is -2.24. The van der Waals surface area contributed by atoms with Crippen LogP contribution in [0.4, 0.5) is 4.79 Å². The van der Waals surface area contributed by atoms with Gasteiger partial charge in [0.05, 0.1) is 19.1 Å². The van der Waals surface area contributed by atoms with Crippen molar-refractivity contribution in [3.63, 3.8) is 0 Å². The molecule has 2 aliphatic rings. The molecule has 0 fully saturated rings. The number of nitrogens with one attached hydrogen (secondary N) is 2. The number of fused-ring (bicyclic) bond motifs is 3. The molecule has 0 aromatic heterocycles. The average molecular weight is 549 g/mol. The zero-order chi connectivity index (χ0) is 28.9. The lowest BCUT2D eigenvalue weighted by Crippen LogP contribution is -2.49. The predicted octanol–water partition coefficient (Wildman–Crippen LogP) is 4.74. The van der Waals surface area contributed by atoms with Gasteiger partial charge in [-0.2, -0.15) is 0 Å². The highest BCUT2D eigenvalue weighted by molar-refractivity contribution is 5.94. The molecule has 212 valence electrons. The number of benzene rings is 2. The quantitative estimate of drug-likeness (QED) is 0.361. The van der Waals surface area contributed by atoms with Gasteiger partial charge in [0, 0.05) is 11.6 Å². The van der Waals surface area contributed by atoms with Crippen LogP contribution in [0.1, 0.15) is 69.9 Å². The molecular formula is C31H36N2O7. The van der Waals surface area contributed by atoms with Gasteiger partial charge < -0.3 is 24.8 Å². The van der Waals surface area contributed by atoms with Gasteiger partial charge in [0.1, 0.15) is 18.2 Å². The van der Waals surface area contributed by atoms with Gasteiger partial charge in [0.25, 0.3) is 0 Å². The molecule has 0 unspecified atom stereocenters. The summed E-state index contributed by atoms with van der Waals surface area (Å²) >= 11 is 0. The Hall–Kier alpha value is -4.14. The lowest BCUT2D eigenvalue weighted by molar-refractivity contribution is -0.156. The first-order valence-electron chi connectivity index (χ1n) is 13.5. The zero-order valence-corrected chi connectivity index (χ0v) is 23.4. The molecule has 0 saturated carbocycles. The van der Waals surface area contributed by atoms with E-state index in [0.717, 1.165) is 35.1 Å². The van der Waals surface area contributed by atoms with Crippen LogP contribution in [0.15, 0.2) is 59.8 Å². The van der Waals surface area contributed by atoms with Crippen LogP contribution in [0.2, 0.25) is 0 Å². The minimum absolute atomic E-state index is 0.0538. The maximum atomic E-state index is 13.3. The number of carbonyl (C=O) groups excluding carboxylic acids is 4. The number of carbonyl (C=O) groups is 4. The SMILES string of the molecule is COC(=O)C1=C(NC(=O)[C@H](CC(=O)OC(C)(C)C)NC(=O)OCC2c3ccccc3-c3ccccc32)CCCC1. The normalized spacial score (nSPS) is 15.4. The molecule has 0 bridgehead atoms. The largest absolute Gasteiger partial charge is 0.466 e. The number of methoxy groups -OCH3 is 1. The Balaban J connectivity index is 1.48. The zero-order valence-electron chi connectivity index (χ0n) is 23.4. The summed E-state index contributed by atoms with van der Waals surface area (Å²) in [5.41, 5.74) is 4.35. The summed E-state index contributed by atoms with van der Waals surface area (Å²) in [5.74, 6) is -1.97. The molecular weight excluding hydrogens is 512 g/mol. The van der Waals surface area contributed by atoms with Crippen molar-refractivity contribution in [2.75, 3.05) is 13.7 Å². The number of ether oxygens (including phenoxy) is 3. The van der Waals surface area contributed by atoms with Gasteiger partial charge in [-0.05, 0) is 68.7 Å². The maximum absolute atomic E-state index is 13.3. The molecule has 0 saturated heterocycles. The third-order valence-electron chi connectivity index (χ3n) is 6.92. The number of hydrogen-bond acceptors (Lipinski definition) is 7. The molecule has 2 aromatic rings. The minimum Gasteiger partial charge on any atom is -0.466 e. The summed E-state index contributed by atoms with van der Waals surface area (Å²) in [6.45, 7) is 5.20. The van der Waals surface area contributed by atoms with Crippen molar-refractivity contribution in [3.8, 4) is 11.1 Å². The molecule has 2 aromatic carbocycles. The summed E-state index contributed by atoms with van der Waals surface area (Å²) < 4.78 is 15.9. The van der Waals surface area contributed by atoms with Gasteiger partial charge in [-0.15, -0.1) is 0 Å². The second-order valence-electron chi connectivity index (χ2n) is 11.0. The molecule has 0 heterocycles. The molecule has 0 radical (unpaired) electrons. The summed E-state index contributed by atoms with van der Waals surface area (Å²) in [4.78, 5) is 51.1. The fourth-order valence-electron chi connectivity index (χ4n) is 5.17. The van der Waals surface area contributed by atoms with Crippen molar-refractivity contribution in [1.29, 1.82) is 0 Å². The molecule has 2 N–H and O–H groups in total. The average Bonchev–Trinajstić information content (AvgIpc) is 3.24. The highest BCUT2D eigenvalue weighted by atomic mass is 16.6. The van der Waals surface area contributed by atoms with Crippen LogP contribution in [0.25, 0.3) is 11.1 Å². The first-order valence-corrected chi connectivity index (χ1v) is 13.5. The Bertz CT molecular complexity index is 1280. The number of allylic oxidation sites excluding steroid dienone is 1. The fourth-order valence-corrected chi connectivity index (χ4v) is 5.17. The third-order valence-corrected chi connectivity index (χ3v) is 6.92. The van der Waals surface area contributed by atoms with E-state index < -0.39 is 42.0 Å². The monoisotopic (exact) mass is 548 g/mol.